The number of aromatic nitrogens is 1. The molecule has 2 aromatic rings. The van der Waals surface area contributed by atoms with Crippen LogP contribution in [0.4, 0.5) is 9.59 Å². The first-order valence-electron chi connectivity index (χ1n) is 11.8. The van der Waals surface area contributed by atoms with Crippen LogP contribution in [-0.4, -0.2) is 64.1 Å². The van der Waals surface area contributed by atoms with E-state index in [1.165, 1.54) is 18.2 Å². The van der Waals surface area contributed by atoms with Crippen molar-refractivity contribution in [2.24, 2.45) is 0 Å². The Morgan fingerprint density at radius 2 is 1.64 bits per heavy atom. The van der Waals surface area contributed by atoms with E-state index >= 15 is 0 Å². The number of ether oxygens (including phenoxy) is 4. The van der Waals surface area contributed by atoms with E-state index in [-0.39, 0.29) is 6.54 Å². The second-order valence-electron chi connectivity index (χ2n) is 10.7. The number of carbonyl (C=O) groups excluding carboxylic acids is 3. The van der Waals surface area contributed by atoms with E-state index in [4.69, 9.17) is 23.4 Å². The van der Waals surface area contributed by atoms with Gasteiger partial charge in [0, 0.05) is 12.5 Å². The van der Waals surface area contributed by atoms with E-state index in [1.807, 2.05) is 24.3 Å². The Kier molecular flexibility index (Phi) is 7.96. The maximum atomic E-state index is 13.1. The van der Waals surface area contributed by atoms with Crippen molar-refractivity contribution in [1.29, 1.82) is 0 Å². The average molecular weight is 503 g/mol. The summed E-state index contributed by atoms with van der Waals surface area (Å²) in [4.78, 5) is 42.9. The van der Waals surface area contributed by atoms with Gasteiger partial charge in [-0.3, -0.25) is 9.69 Å². The molecule has 3 rings (SSSR count). The number of rotatable bonds is 5. The molecule has 0 N–H and O–H groups in total. The van der Waals surface area contributed by atoms with Crippen LogP contribution in [0.3, 0.4) is 0 Å². The Bertz CT molecular complexity index is 1050. The zero-order valence-electron chi connectivity index (χ0n) is 21.8. The lowest BCUT2D eigenvalue weighted by Gasteiger charge is -2.30. The van der Waals surface area contributed by atoms with Crippen LogP contribution >= 0.6 is 0 Å². The van der Waals surface area contributed by atoms with Gasteiger partial charge in [0.1, 0.15) is 11.2 Å². The maximum absolute atomic E-state index is 13.1. The summed E-state index contributed by atoms with van der Waals surface area (Å²) in [6.45, 7) is 11.7. The number of esters is 1. The summed E-state index contributed by atoms with van der Waals surface area (Å²) >= 11 is 0. The number of likely N-dealkylation sites (tertiary alicyclic amines) is 1. The summed E-state index contributed by atoms with van der Waals surface area (Å²) in [6.07, 6.45) is -0.0712. The molecule has 1 aliphatic rings. The van der Waals surface area contributed by atoms with Crippen molar-refractivity contribution < 1.29 is 37.7 Å². The van der Waals surface area contributed by atoms with Gasteiger partial charge in [0.25, 0.3) is 0 Å². The van der Waals surface area contributed by atoms with Crippen LogP contribution in [0.1, 0.15) is 54.0 Å². The average Bonchev–Trinajstić information content (AvgIpc) is 3.36. The molecule has 196 valence electrons. The molecule has 0 aliphatic carbocycles. The summed E-state index contributed by atoms with van der Waals surface area (Å²) in [5.41, 5.74) is 0.185. The molecule has 0 bridgehead atoms. The zero-order chi connectivity index (χ0) is 26.7. The second-order valence-corrected chi connectivity index (χ2v) is 10.7. The molecule has 10 nitrogen and oxygen atoms in total. The quantitative estimate of drug-likeness (QED) is 0.421. The van der Waals surface area contributed by atoms with E-state index in [9.17, 15) is 14.4 Å². The van der Waals surface area contributed by atoms with Crippen molar-refractivity contribution in [2.75, 3.05) is 6.54 Å². The van der Waals surface area contributed by atoms with Crippen LogP contribution < -0.4 is 0 Å². The Morgan fingerprint density at radius 1 is 1.00 bits per heavy atom. The van der Waals surface area contributed by atoms with Crippen LogP contribution in [0.25, 0.3) is 11.3 Å². The lowest BCUT2D eigenvalue weighted by molar-refractivity contribution is -0.153. The van der Waals surface area contributed by atoms with Crippen molar-refractivity contribution in [3.8, 4) is 11.3 Å². The summed E-state index contributed by atoms with van der Waals surface area (Å²) in [6, 6.07) is 6.87. The molecule has 0 unspecified atom stereocenters. The Morgan fingerprint density at radius 3 is 2.17 bits per heavy atom. The highest BCUT2D eigenvalue weighted by Crippen LogP contribution is 2.30. The molecule has 3 atom stereocenters. The third-order valence-corrected chi connectivity index (χ3v) is 5.21. The molecule has 1 fully saturated rings. The fourth-order valence-electron chi connectivity index (χ4n) is 3.87. The number of carbonyl (C=O) groups is 3. The molecule has 1 saturated heterocycles. The Labute approximate surface area is 210 Å². The van der Waals surface area contributed by atoms with E-state index in [2.05, 4.69) is 4.98 Å². The van der Waals surface area contributed by atoms with Crippen molar-refractivity contribution in [1.82, 2.24) is 9.88 Å². The first kappa shape index (κ1) is 27.0. The molecule has 1 aromatic heterocycles. The first-order valence-corrected chi connectivity index (χ1v) is 11.8. The smallest absolute Gasteiger partial charge is 0.456 e. The highest BCUT2D eigenvalue weighted by molar-refractivity contribution is 5.71. The van der Waals surface area contributed by atoms with Gasteiger partial charge >= 0.3 is 18.2 Å². The van der Waals surface area contributed by atoms with Crippen LogP contribution in [0.15, 0.2) is 41.3 Å². The Hall–Kier alpha value is -3.56. The molecule has 36 heavy (non-hydrogen) atoms. The predicted octanol–water partition coefficient (Wildman–Crippen LogP) is 4.76. The molecule has 1 aromatic carbocycles. The van der Waals surface area contributed by atoms with Gasteiger partial charge in [-0.05, 0) is 53.5 Å². The third kappa shape index (κ3) is 7.47. The number of nitrogens with zero attached hydrogens (tertiary/aromatic N) is 2. The van der Waals surface area contributed by atoms with Crippen molar-refractivity contribution >= 4 is 18.2 Å². The molecule has 0 saturated carbocycles. The van der Waals surface area contributed by atoms with Crippen LogP contribution in [-0.2, 0) is 30.2 Å². The number of oxazole rings is 1. The van der Waals surface area contributed by atoms with Crippen molar-refractivity contribution in [3.63, 3.8) is 0 Å². The van der Waals surface area contributed by atoms with Crippen molar-refractivity contribution in [2.45, 2.75) is 84.3 Å². The highest BCUT2D eigenvalue weighted by atomic mass is 16.7. The standard InChI is InChI=1S/C26H34N2O8/c1-16(29)33-22-19(12-17-8-10-18(11-9-17)20-13-27-15-32-20)28(23(30)35-25(2,3)4)14-21(22)34-24(31)36-26(5,6)7/h8-11,13,15,19,21-22H,12,14H2,1-7H3/t19-,21+,22+/m1/s1. The molecule has 0 spiro atoms. The SMILES string of the molecule is CC(=O)O[C@@H]1[C@@H](OC(=O)OC(C)(C)C)CN(C(=O)OC(C)(C)C)[C@@H]1Cc1ccc(-c2cnco2)cc1. The van der Waals surface area contributed by atoms with E-state index in [1.54, 1.807) is 47.7 Å². The fraction of sp³-hybridized carbons (Fsp3) is 0.538. The van der Waals surface area contributed by atoms with Crippen LogP contribution in [0, 0.1) is 0 Å². The van der Waals surface area contributed by atoms with Gasteiger partial charge in [0.05, 0.1) is 18.8 Å². The van der Waals surface area contributed by atoms with E-state index in [0.29, 0.717) is 12.2 Å². The minimum Gasteiger partial charge on any atom is -0.456 e. The molecule has 0 radical (unpaired) electrons. The molecule has 10 heteroatoms. The lowest BCUT2D eigenvalue weighted by atomic mass is 9.99. The summed E-state index contributed by atoms with van der Waals surface area (Å²) in [7, 11) is 0. The number of hydrogen-bond acceptors (Lipinski definition) is 9. The van der Waals surface area contributed by atoms with Gasteiger partial charge in [-0.2, -0.15) is 0 Å². The van der Waals surface area contributed by atoms with Gasteiger partial charge < -0.3 is 23.4 Å². The fourth-order valence-corrected chi connectivity index (χ4v) is 3.87. The van der Waals surface area contributed by atoms with Crippen LogP contribution in [0.2, 0.25) is 0 Å². The topological polar surface area (TPSA) is 117 Å². The number of hydrogen-bond donors (Lipinski definition) is 0. The monoisotopic (exact) mass is 502 g/mol. The summed E-state index contributed by atoms with van der Waals surface area (Å²) in [5.74, 6) is 0.0657. The minimum absolute atomic E-state index is 0.0209. The lowest BCUT2D eigenvalue weighted by Crippen LogP contribution is -2.45. The molecule has 1 aliphatic heterocycles. The molecular weight excluding hydrogens is 468 g/mol. The first-order chi connectivity index (χ1) is 16.7. The zero-order valence-corrected chi connectivity index (χ0v) is 21.8. The largest absolute Gasteiger partial charge is 0.509 e. The second kappa shape index (κ2) is 10.6. The predicted molar refractivity (Wildman–Crippen MR) is 129 cm³/mol. The summed E-state index contributed by atoms with van der Waals surface area (Å²) < 4.78 is 27.3. The van der Waals surface area contributed by atoms with Gasteiger partial charge in [-0.1, -0.05) is 24.3 Å². The van der Waals surface area contributed by atoms with Gasteiger partial charge in [-0.25, -0.2) is 14.6 Å². The molecular formula is C26H34N2O8. The van der Waals surface area contributed by atoms with Crippen molar-refractivity contribution in [3.05, 3.63) is 42.4 Å². The third-order valence-electron chi connectivity index (χ3n) is 5.21. The normalized spacial score (nSPS) is 20.1. The molecule has 1 amide bonds. The highest BCUT2D eigenvalue weighted by Gasteiger charge is 2.49. The van der Waals surface area contributed by atoms with E-state index < -0.39 is 47.7 Å². The minimum atomic E-state index is -0.935. The van der Waals surface area contributed by atoms with Crippen LogP contribution in [0.5, 0.6) is 0 Å². The Balaban J connectivity index is 1.89. The number of benzene rings is 1. The van der Waals surface area contributed by atoms with Gasteiger partial charge in [0.15, 0.2) is 24.4 Å². The maximum Gasteiger partial charge on any atom is 0.509 e. The van der Waals surface area contributed by atoms with Gasteiger partial charge in [-0.15, -0.1) is 0 Å². The van der Waals surface area contributed by atoms with Gasteiger partial charge in [0.2, 0.25) is 0 Å². The number of amides is 1. The summed E-state index contributed by atoms with van der Waals surface area (Å²) in [5, 5.41) is 0. The molecule has 2 heterocycles. The van der Waals surface area contributed by atoms with E-state index in [0.717, 1.165) is 11.1 Å².